The number of hydrogen-bond acceptors (Lipinski definition) is 5. The highest BCUT2D eigenvalue weighted by Gasteiger charge is 2.24. The standard InChI is InChI=1S/C20H24N2O4S2/c1-26-16-7-5-6-15(12-16)14-21-28(24,25)17-8-9-19(27-2)18(13-17)20(23)22-10-3-4-11-22/h5-9,12-13,21H,3-4,10-11,14H2,1-2H3. The summed E-state index contributed by atoms with van der Waals surface area (Å²) in [6, 6.07) is 11.9. The van der Waals surface area contributed by atoms with Crippen LogP contribution in [0.2, 0.25) is 0 Å². The van der Waals surface area contributed by atoms with E-state index in [4.69, 9.17) is 4.74 Å². The van der Waals surface area contributed by atoms with Gasteiger partial charge in [0.25, 0.3) is 5.91 Å². The molecule has 3 rings (SSSR count). The summed E-state index contributed by atoms with van der Waals surface area (Å²) in [6.07, 6.45) is 3.85. The van der Waals surface area contributed by atoms with Gasteiger partial charge in [-0.1, -0.05) is 12.1 Å². The maximum Gasteiger partial charge on any atom is 0.255 e. The molecule has 0 aromatic heterocycles. The molecule has 0 aliphatic carbocycles. The van der Waals surface area contributed by atoms with Crippen molar-refractivity contribution in [3.05, 3.63) is 53.6 Å². The SMILES string of the molecule is COc1cccc(CNS(=O)(=O)c2ccc(SC)c(C(=O)N3CCCC3)c2)c1. The maximum absolute atomic E-state index is 12.8. The Morgan fingerprint density at radius 3 is 2.61 bits per heavy atom. The van der Waals surface area contributed by atoms with Gasteiger partial charge in [0.1, 0.15) is 5.75 Å². The summed E-state index contributed by atoms with van der Waals surface area (Å²) < 4.78 is 33.3. The molecule has 6 nitrogen and oxygen atoms in total. The van der Waals surface area contributed by atoms with Crippen LogP contribution in [0, 0.1) is 0 Å². The molecule has 1 heterocycles. The fourth-order valence-corrected chi connectivity index (χ4v) is 4.77. The van der Waals surface area contributed by atoms with Gasteiger partial charge in [0.05, 0.1) is 17.6 Å². The molecule has 0 atom stereocenters. The molecule has 1 N–H and O–H groups in total. The van der Waals surface area contributed by atoms with E-state index < -0.39 is 10.0 Å². The smallest absolute Gasteiger partial charge is 0.255 e. The lowest BCUT2D eigenvalue weighted by molar-refractivity contribution is 0.0789. The lowest BCUT2D eigenvalue weighted by Crippen LogP contribution is -2.29. The van der Waals surface area contributed by atoms with Gasteiger partial charge < -0.3 is 9.64 Å². The number of ether oxygens (including phenoxy) is 1. The van der Waals surface area contributed by atoms with Gasteiger partial charge in [-0.25, -0.2) is 13.1 Å². The normalized spacial score (nSPS) is 14.3. The maximum atomic E-state index is 12.8. The van der Waals surface area contributed by atoms with E-state index in [1.165, 1.54) is 17.8 Å². The third-order valence-electron chi connectivity index (χ3n) is 4.71. The Balaban J connectivity index is 1.82. The molecule has 1 aliphatic rings. The molecular weight excluding hydrogens is 396 g/mol. The lowest BCUT2D eigenvalue weighted by atomic mass is 10.2. The second-order valence-corrected chi connectivity index (χ2v) is 9.15. The number of thioether (sulfide) groups is 1. The minimum absolute atomic E-state index is 0.0933. The van der Waals surface area contributed by atoms with Crippen LogP contribution in [0.1, 0.15) is 28.8 Å². The molecule has 8 heteroatoms. The Kier molecular flexibility index (Phi) is 6.64. The average molecular weight is 421 g/mol. The second-order valence-electron chi connectivity index (χ2n) is 6.54. The van der Waals surface area contributed by atoms with Gasteiger partial charge in [0.2, 0.25) is 10.0 Å². The number of rotatable bonds is 7. The largest absolute Gasteiger partial charge is 0.497 e. The van der Waals surface area contributed by atoms with Crippen molar-refractivity contribution in [2.24, 2.45) is 0 Å². The van der Waals surface area contributed by atoms with Crippen LogP contribution in [0.4, 0.5) is 0 Å². The second kappa shape index (κ2) is 8.98. The van der Waals surface area contributed by atoms with E-state index in [1.54, 1.807) is 36.3 Å². The first kappa shape index (κ1) is 20.7. The zero-order chi connectivity index (χ0) is 20.1. The number of methoxy groups -OCH3 is 1. The van der Waals surface area contributed by atoms with Crippen molar-refractivity contribution >= 4 is 27.7 Å². The third-order valence-corrected chi connectivity index (χ3v) is 6.90. The molecule has 1 saturated heterocycles. The summed E-state index contributed by atoms with van der Waals surface area (Å²) in [6.45, 7) is 1.58. The molecule has 0 radical (unpaired) electrons. The Morgan fingerprint density at radius 2 is 1.93 bits per heavy atom. The van der Waals surface area contributed by atoms with Crippen LogP contribution in [0.15, 0.2) is 52.3 Å². The van der Waals surface area contributed by atoms with E-state index in [-0.39, 0.29) is 17.3 Å². The van der Waals surface area contributed by atoms with Crippen molar-refractivity contribution in [2.75, 3.05) is 26.5 Å². The third kappa shape index (κ3) is 4.68. The minimum atomic E-state index is -3.75. The molecule has 0 saturated carbocycles. The van der Waals surface area contributed by atoms with Crippen molar-refractivity contribution in [1.29, 1.82) is 0 Å². The van der Waals surface area contributed by atoms with Crippen LogP contribution in [-0.4, -0.2) is 45.7 Å². The van der Waals surface area contributed by atoms with Crippen molar-refractivity contribution < 1.29 is 17.9 Å². The number of carbonyl (C=O) groups is 1. The number of carbonyl (C=O) groups excluding carboxylic acids is 1. The first-order valence-electron chi connectivity index (χ1n) is 9.04. The summed E-state index contributed by atoms with van der Waals surface area (Å²) in [7, 11) is -2.19. The van der Waals surface area contributed by atoms with Crippen LogP contribution < -0.4 is 9.46 Å². The van der Waals surface area contributed by atoms with Gasteiger partial charge in [-0.2, -0.15) is 0 Å². The van der Waals surface area contributed by atoms with Gasteiger partial charge >= 0.3 is 0 Å². The number of benzene rings is 2. The molecule has 0 bridgehead atoms. The Hall–Kier alpha value is -2.03. The van der Waals surface area contributed by atoms with Crippen LogP contribution in [0.25, 0.3) is 0 Å². The molecule has 1 fully saturated rings. The van der Waals surface area contributed by atoms with E-state index in [0.29, 0.717) is 11.3 Å². The van der Waals surface area contributed by atoms with E-state index in [9.17, 15) is 13.2 Å². The zero-order valence-electron chi connectivity index (χ0n) is 16.0. The number of likely N-dealkylation sites (tertiary alicyclic amines) is 1. The molecule has 2 aromatic carbocycles. The zero-order valence-corrected chi connectivity index (χ0v) is 17.6. The predicted molar refractivity (Wildman–Crippen MR) is 110 cm³/mol. The molecule has 2 aromatic rings. The van der Waals surface area contributed by atoms with Gasteiger partial charge in [-0.15, -0.1) is 11.8 Å². The highest BCUT2D eigenvalue weighted by Crippen LogP contribution is 2.26. The number of amides is 1. The fraction of sp³-hybridized carbons (Fsp3) is 0.350. The first-order chi connectivity index (χ1) is 13.4. The summed E-state index contributed by atoms with van der Waals surface area (Å²) in [5, 5.41) is 0. The Bertz CT molecular complexity index is 954. The Labute approximate surface area is 170 Å². The number of nitrogens with zero attached hydrogens (tertiary/aromatic N) is 1. The predicted octanol–water partition coefficient (Wildman–Crippen LogP) is 3.13. The monoisotopic (exact) mass is 420 g/mol. The van der Waals surface area contributed by atoms with E-state index in [0.717, 1.165) is 36.4 Å². The molecule has 0 spiro atoms. The first-order valence-corrected chi connectivity index (χ1v) is 11.8. The van der Waals surface area contributed by atoms with Crippen LogP contribution >= 0.6 is 11.8 Å². The fourth-order valence-electron chi connectivity index (χ4n) is 3.16. The summed E-state index contributed by atoms with van der Waals surface area (Å²) >= 11 is 1.44. The topological polar surface area (TPSA) is 75.7 Å². The molecule has 28 heavy (non-hydrogen) atoms. The van der Waals surface area contributed by atoms with Crippen LogP contribution in [-0.2, 0) is 16.6 Å². The van der Waals surface area contributed by atoms with Gasteiger partial charge in [-0.3, -0.25) is 4.79 Å². The molecule has 1 aliphatic heterocycles. The lowest BCUT2D eigenvalue weighted by Gasteiger charge is -2.18. The summed E-state index contributed by atoms with van der Waals surface area (Å²) in [5.74, 6) is 0.561. The molecule has 150 valence electrons. The Morgan fingerprint density at radius 1 is 1.18 bits per heavy atom. The number of sulfonamides is 1. The highest BCUT2D eigenvalue weighted by atomic mass is 32.2. The summed E-state index contributed by atoms with van der Waals surface area (Å²) in [5.41, 5.74) is 1.23. The van der Waals surface area contributed by atoms with Gasteiger partial charge in [0.15, 0.2) is 0 Å². The summed E-state index contributed by atoms with van der Waals surface area (Å²) in [4.78, 5) is 15.5. The average Bonchev–Trinajstić information content (AvgIpc) is 3.26. The molecule has 0 unspecified atom stereocenters. The van der Waals surface area contributed by atoms with E-state index in [1.807, 2.05) is 18.4 Å². The minimum Gasteiger partial charge on any atom is -0.497 e. The van der Waals surface area contributed by atoms with Crippen LogP contribution in [0.3, 0.4) is 0 Å². The van der Waals surface area contributed by atoms with Crippen molar-refractivity contribution in [3.63, 3.8) is 0 Å². The number of nitrogens with one attached hydrogen (secondary N) is 1. The quantitative estimate of drug-likeness (QED) is 0.697. The highest BCUT2D eigenvalue weighted by molar-refractivity contribution is 7.98. The van der Waals surface area contributed by atoms with E-state index in [2.05, 4.69) is 4.72 Å². The molecule has 1 amide bonds. The van der Waals surface area contributed by atoms with Crippen LogP contribution in [0.5, 0.6) is 5.75 Å². The van der Waals surface area contributed by atoms with Crippen molar-refractivity contribution in [3.8, 4) is 5.75 Å². The number of hydrogen-bond donors (Lipinski definition) is 1. The van der Waals surface area contributed by atoms with Gasteiger partial charge in [0, 0.05) is 24.5 Å². The van der Waals surface area contributed by atoms with Crippen molar-refractivity contribution in [2.45, 2.75) is 29.2 Å². The van der Waals surface area contributed by atoms with E-state index >= 15 is 0 Å². The van der Waals surface area contributed by atoms with Crippen molar-refractivity contribution in [1.82, 2.24) is 9.62 Å². The molecular formula is C20H24N2O4S2. The van der Waals surface area contributed by atoms with Gasteiger partial charge in [-0.05, 0) is 55.0 Å².